The largest absolute Gasteiger partial charge is 0.366 e. The van der Waals surface area contributed by atoms with Crippen molar-refractivity contribution in [2.24, 2.45) is 14.1 Å². The summed E-state index contributed by atoms with van der Waals surface area (Å²) < 4.78 is 17.7. The van der Waals surface area contributed by atoms with E-state index in [0.29, 0.717) is 54.9 Å². The second-order valence-electron chi connectivity index (χ2n) is 7.53. The molecule has 0 aliphatic carbocycles. The molecule has 0 saturated carbocycles. The highest BCUT2D eigenvalue weighted by Crippen LogP contribution is 2.23. The number of benzene rings is 1. The van der Waals surface area contributed by atoms with E-state index >= 15 is 0 Å². The first-order chi connectivity index (χ1) is 14.8. The highest BCUT2D eigenvalue weighted by atomic mass is 32.1. The second-order valence-corrected chi connectivity index (χ2v) is 7.92. The molecule has 0 spiro atoms. The highest BCUT2D eigenvalue weighted by molar-refractivity contribution is 7.80. The topological polar surface area (TPSA) is 80.3 Å². The quantitative estimate of drug-likeness (QED) is 0.579. The van der Waals surface area contributed by atoms with Crippen molar-refractivity contribution in [1.82, 2.24) is 28.9 Å². The third-order valence-electron chi connectivity index (χ3n) is 5.65. The molecule has 1 N–H and O–H groups in total. The van der Waals surface area contributed by atoms with Gasteiger partial charge in [0.2, 0.25) is 5.95 Å². The zero-order valence-corrected chi connectivity index (χ0v) is 18.4. The molecule has 0 radical (unpaired) electrons. The lowest BCUT2D eigenvalue weighted by Gasteiger charge is -2.36. The van der Waals surface area contributed by atoms with Crippen molar-refractivity contribution in [2.45, 2.75) is 6.54 Å². The molecule has 3 heterocycles. The van der Waals surface area contributed by atoms with E-state index in [4.69, 9.17) is 17.2 Å². The van der Waals surface area contributed by atoms with Crippen molar-refractivity contribution in [3.05, 3.63) is 56.5 Å². The zero-order chi connectivity index (χ0) is 22.3. The first-order valence-corrected chi connectivity index (χ1v) is 10.3. The molecule has 11 heteroatoms. The van der Waals surface area contributed by atoms with Crippen LogP contribution in [0.1, 0.15) is 5.56 Å². The number of aromatic nitrogens is 4. The van der Waals surface area contributed by atoms with Crippen LogP contribution in [0.25, 0.3) is 11.2 Å². The Kier molecular flexibility index (Phi) is 5.52. The summed E-state index contributed by atoms with van der Waals surface area (Å²) in [6, 6.07) is 6.14. The minimum atomic E-state index is -0.431. The molecule has 4 rings (SSSR count). The molecule has 0 unspecified atom stereocenters. The van der Waals surface area contributed by atoms with Gasteiger partial charge >= 0.3 is 5.69 Å². The van der Waals surface area contributed by atoms with Crippen LogP contribution in [0.3, 0.4) is 0 Å². The summed E-state index contributed by atoms with van der Waals surface area (Å²) in [5.41, 5.74) is 0.664. The van der Waals surface area contributed by atoms with Gasteiger partial charge in [0.25, 0.3) is 5.56 Å². The molecule has 1 aliphatic rings. The molecule has 31 heavy (non-hydrogen) atoms. The van der Waals surface area contributed by atoms with Gasteiger partial charge in [-0.05, 0) is 29.9 Å². The van der Waals surface area contributed by atoms with Crippen molar-refractivity contribution < 1.29 is 4.39 Å². The van der Waals surface area contributed by atoms with Crippen molar-refractivity contribution in [2.75, 3.05) is 38.1 Å². The summed E-state index contributed by atoms with van der Waals surface area (Å²) in [5.74, 6) is 0.280. The molecule has 0 atom stereocenters. The molecule has 2 aromatic heterocycles. The van der Waals surface area contributed by atoms with Crippen molar-refractivity contribution in [3.8, 4) is 0 Å². The van der Waals surface area contributed by atoms with Crippen LogP contribution in [-0.2, 0) is 20.6 Å². The van der Waals surface area contributed by atoms with Gasteiger partial charge < -0.3 is 15.1 Å². The molecule has 3 aromatic rings. The minimum Gasteiger partial charge on any atom is -0.366 e. The van der Waals surface area contributed by atoms with E-state index in [1.54, 1.807) is 26.2 Å². The first-order valence-electron chi connectivity index (χ1n) is 9.94. The fourth-order valence-electron chi connectivity index (χ4n) is 3.87. The van der Waals surface area contributed by atoms with E-state index in [1.807, 2.05) is 4.57 Å². The number of imidazole rings is 1. The Morgan fingerprint density at radius 2 is 1.74 bits per heavy atom. The standard InChI is InChI=1S/C20H24FN7O2S/c1-22-19(31)27-10-8-26(9-11-27)18-23-16-15(17(29)25(3)20(30)24(16)2)28(18)12-13-4-6-14(21)7-5-13/h4-7H,8-12H2,1-3H3,(H,22,31). The molecule has 0 amide bonds. The third-order valence-corrected chi connectivity index (χ3v) is 6.11. The van der Waals surface area contributed by atoms with Crippen molar-refractivity contribution in [3.63, 3.8) is 0 Å². The zero-order valence-electron chi connectivity index (χ0n) is 17.6. The van der Waals surface area contributed by atoms with Gasteiger partial charge in [0.05, 0.1) is 6.54 Å². The van der Waals surface area contributed by atoms with E-state index in [0.717, 1.165) is 10.1 Å². The Hall–Kier alpha value is -3.21. The SMILES string of the molecule is CNC(=S)N1CCN(c2nc3c(c(=O)n(C)c(=O)n3C)n2Cc2ccc(F)cc2)CC1. The average molecular weight is 446 g/mol. The number of hydrogen-bond acceptors (Lipinski definition) is 5. The number of nitrogens with zero attached hydrogens (tertiary/aromatic N) is 6. The van der Waals surface area contributed by atoms with Crippen molar-refractivity contribution in [1.29, 1.82) is 0 Å². The lowest BCUT2D eigenvalue weighted by atomic mass is 10.2. The normalized spacial score (nSPS) is 14.3. The molecule has 1 saturated heterocycles. The Morgan fingerprint density at radius 3 is 2.35 bits per heavy atom. The smallest absolute Gasteiger partial charge is 0.332 e. The molecule has 1 aromatic carbocycles. The first kappa shape index (κ1) is 21.0. The number of fused-ring (bicyclic) bond motifs is 1. The van der Waals surface area contributed by atoms with Gasteiger partial charge in [0.1, 0.15) is 5.82 Å². The fourth-order valence-corrected chi connectivity index (χ4v) is 4.05. The van der Waals surface area contributed by atoms with Crippen LogP contribution in [0.4, 0.5) is 10.3 Å². The van der Waals surface area contributed by atoms with E-state index in [-0.39, 0.29) is 5.82 Å². The van der Waals surface area contributed by atoms with Gasteiger partial charge in [-0.25, -0.2) is 9.18 Å². The molecule has 1 aliphatic heterocycles. The average Bonchev–Trinajstić information content (AvgIpc) is 3.16. The van der Waals surface area contributed by atoms with Crippen molar-refractivity contribution >= 4 is 34.4 Å². The summed E-state index contributed by atoms with van der Waals surface area (Å²) in [7, 11) is 4.86. The Labute approximate surface area is 183 Å². The number of rotatable bonds is 3. The van der Waals surface area contributed by atoms with Gasteiger partial charge in [-0.3, -0.25) is 18.5 Å². The Morgan fingerprint density at radius 1 is 1.10 bits per heavy atom. The number of piperazine rings is 1. The number of hydrogen-bond donors (Lipinski definition) is 1. The Balaban J connectivity index is 1.82. The summed E-state index contributed by atoms with van der Waals surface area (Å²) in [4.78, 5) is 34.3. The van der Waals surface area contributed by atoms with Crippen LogP contribution in [0.2, 0.25) is 0 Å². The van der Waals surface area contributed by atoms with E-state index in [2.05, 4.69) is 15.1 Å². The summed E-state index contributed by atoms with van der Waals surface area (Å²) >= 11 is 5.33. The van der Waals surface area contributed by atoms with E-state index in [9.17, 15) is 14.0 Å². The number of nitrogens with one attached hydrogen (secondary N) is 1. The molecular formula is C20H24FN7O2S. The Bertz CT molecular complexity index is 1250. The van der Waals surface area contributed by atoms with Gasteiger partial charge in [0, 0.05) is 47.3 Å². The minimum absolute atomic E-state index is 0.325. The predicted octanol–water partition coefficient (Wildman–Crippen LogP) is 0.247. The molecule has 1 fully saturated rings. The molecular weight excluding hydrogens is 421 g/mol. The van der Waals surface area contributed by atoms with Crippen LogP contribution < -0.4 is 21.5 Å². The second kappa shape index (κ2) is 8.14. The highest BCUT2D eigenvalue weighted by Gasteiger charge is 2.26. The van der Waals surface area contributed by atoms with E-state index < -0.39 is 11.2 Å². The van der Waals surface area contributed by atoms with Gasteiger partial charge in [-0.15, -0.1) is 0 Å². The summed E-state index contributed by atoms with van der Waals surface area (Å²) in [5, 5.41) is 3.68. The van der Waals surface area contributed by atoms with Crippen LogP contribution >= 0.6 is 12.2 Å². The monoisotopic (exact) mass is 445 g/mol. The summed E-state index contributed by atoms with van der Waals surface area (Å²) in [6.45, 7) is 3.05. The predicted molar refractivity (Wildman–Crippen MR) is 121 cm³/mol. The van der Waals surface area contributed by atoms with Gasteiger partial charge in [-0.1, -0.05) is 12.1 Å². The van der Waals surface area contributed by atoms with Gasteiger partial charge in [-0.2, -0.15) is 4.98 Å². The van der Waals surface area contributed by atoms with E-state index in [1.165, 1.54) is 23.7 Å². The van der Waals surface area contributed by atoms with Crippen LogP contribution in [0.15, 0.2) is 33.9 Å². The number of aryl methyl sites for hydroxylation is 1. The number of thiocarbonyl (C=S) groups is 1. The van der Waals surface area contributed by atoms with Crippen LogP contribution in [0.5, 0.6) is 0 Å². The maximum absolute atomic E-state index is 13.4. The summed E-state index contributed by atoms with van der Waals surface area (Å²) in [6.07, 6.45) is 0. The fraction of sp³-hybridized carbons (Fsp3) is 0.400. The number of halogens is 1. The van der Waals surface area contributed by atoms with Crippen LogP contribution in [-0.4, -0.2) is 61.9 Å². The molecule has 164 valence electrons. The lowest BCUT2D eigenvalue weighted by molar-refractivity contribution is 0.378. The third kappa shape index (κ3) is 3.69. The molecule has 9 nitrogen and oxygen atoms in total. The maximum Gasteiger partial charge on any atom is 0.332 e. The van der Waals surface area contributed by atoms with Crippen LogP contribution in [0, 0.1) is 5.82 Å². The van der Waals surface area contributed by atoms with Gasteiger partial charge in [0.15, 0.2) is 16.3 Å². The number of anilines is 1. The molecule has 0 bridgehead atoms. The lowest BCUT2D eigenvalue weighted by Crippen LogP contribution is -2.51. The maximum atomic E-state index is 13.4.